The Kier molecular flexibility index (Phi) is 4.97. The predicted octanol–water partition coefficient (Wildman–Crippen LogP) is 0.169. The number of thioether (sulfide) groups is 1. The third kappa shape index (κ3) is 4.85. The summed E-state index contributed by atoms with van der Waals surface area (Å²) in [7, 11) is -3.18. The summed E-state index contributed by atoms with van der Waals surface area (Å²) < 4.78 is 24.5. The van der Waals surface area contributed by atoms with Gasteiger partial charge in [-0.2, -0.15) is 11.8 Å². The summed E-state index contributed by atoms with van der Waals surface area (Å²) in [5.74, 6) is 1.98. The molecule has 1 heterocycles. The van der Waals surface area contributed by atoms with Crippen LogP contribution in [0.5, 0.6) is 0 Å². The zero-order valence-electron chi connectivity index (χ0n) is 11.2. The van der Waals surface area contributed by atoms with E-state index in [-0.39, 0.29) is 6.03 Å². The van der Waals surface area contributed by atoms with Gasteiger partial charge in [0.25, 0.3) is 0 Å². The second kappa shape index (κ2) is 6.32. The number of hydrogen-bond donors (Lipinski definition) is 1. The Balaban J connectivity index is 1.86. The molecule has 1 aliphatic heterocycles. The molecule has 110 valence electrons. The maximum absolute atomic E-state index is 12.4. The lowest BCUT2D eigenvalue weighted by Gasteiger charge is -2.33. The van der Waals surface area contributed by atoms with Crippen LogP contribution in [0.1, 0.15) is 12.8 Å². The average molecular weight is 307 g/mol. The standard InChI is InChI=1S/C11H21N3O3S2/c1-19(16,17)12-4-5-14(10-2-3-10)11(15)13-6-8-18-9-7-13/h10,12H,2-9H2,1H3. The molecule has 2 aliphatic rings. The Labute approximate surface area is 118 Å². The fourth-order valence-corrected chi connectivity index (χ4v) is 3.47. The van der Waals surface area contributed by atoms with Crippen LogP contribution in [-0.2, 0) is 10.0 Å². The highest BCUT2D eigenvalue weighted by atomic mass is 32.2. The number of carbonyl (C=O) groups is 1. The number of sulfonamides is 1. The van der Waals surface area contributed by atoms with Crippen molar-refractivity contribution in [2.45, 2.75) is 18.9 Å². The van der Waals surface area contributed by atoms with E-state index >= 15 is 0 Å². The van der Waals surface area contributed by atoms with Gasteiger partial charge in [0.05, 0.1) is 6.26 Å². The van der Waals surface area contributed by atoms with E-state index in [1.807, 2.05) is 21.6 Å². The molecule has 0 bridgehead atoms. The fraction of sp³-hybridized carbons (Fsp3) is 0.909. The number of nitrogens with one attached hydrogen (secondary N) is 1. The highest BCUT2D eigenvalue weighted by Crippen LogP contribution is 2.28. The van der Waals surface area contributed by atoms with Gasteiger partial charge in [-0.1, -0.05) is 0 Å². The molecule has 1 N–H and O–H groups in total. The molecule has 0 unspecified atom stereocenters. The SMILES string of the molecule is CS(=O)(=O)NCCN(C(=O)N1CCSCC1)C1CC1. The Bertz CT molecular complexity index is 417. The van der Waals surface area contributed by atoms with Crippen molar-refractivity contribution in [3.8, 4) is 0 Å². The lowest BCUT2D eigenvalue weighted by atomic mass is 10.4. The number of hydrogen-bond acceptors (Lipinski definition) is 4. The minimum absolute atomic E-state index is 0.0677. The van der Waals surface area contributed by atoms with Crippen LogP contribution in [0.4, 0.5) is 4.79 Å². The molecule has 0 atom stereocenters. The number of rotatable bonds is 5. The quantitative estimate of drug-likeness (QED) is 0.786. The first-order valence-electron chi connectivity index (χ1n) is 6.55. The van der Waals surface area contributed by atoms with Crippen LogP contribution < -0.4 is 4.72 Å². The van der Waals surface area contributed by atoms with Gasteiger partial charge < -0.3 is 9.80 Å². The van der Waals surface area contributed by atoms with Crippen LogP contribution in [0, 0.1) is 0 Å². The van der Waals surface area contributed by atoms with Crippen LogP contribution in [0.15, 0.2) is 0 Å². The van der Waals surface area contributed by atoms with Gasteiger partial charge in [-0.05, 0) is 12.8 Å². The van der Waals surface area contributed by atoms with Gasteiger partial charge in [-0.3, -0.25) is 0 Å². The second-order valence-electron chi connectivity index (χ2n) is 4.97. The second-order valence-corrected chi connectivity index (χ2v) is 8.03. The van der Waals surface area contributed by atoms with Crippen molar-refractivity contribution in [3.05, 3.63) is 0 Å². The summed E-state index contributed by atoms with van der Waals surface area (Å²) in [6.45, 7) is 2.35. The fourth-order valence-electron chi connectivity index (χ4n) is 2.11. The van der Waals surface area contributed by atoms with E-state index < -0.39 is 10.0 Å². The van der Waals surface area contributed by atoms with E-state index in [1.54, 1.807) is 0 Å². The molecule has 0 aromatic rings. The summed E-state index contributed by atoms with van der Waals surface area (Å²) in [6, 6.07) is 0.376. The maximum Gasteiger partial charge on any atom is 0.320 e. The Hall–Kier alpha value is -0.470. The molecule has 2 rings (SSSR count). The van der Waals surface area contributed by atoms with Crippen LogP contribution in [-0.4, -0.2) is 74.2 Å². The van der Waals surface area contributed by atoms with Crippen molar-refractivity contribution in [2.24, 2.45) is 0 Å². The van der Waals surface area contributed by atoms with Crippen LogP contribution in [0.3, 0.4) is 0 Å². The summed E-state index contributed by atoms with van der Waals surface area (Å²) in [5.41, 5.74) is 0. The molecule has 19 heavy (non-hydrogen) atoms. The summed E-state index contributed by atoms with van der Waals surface area (Å²) in [4.78, 5) is 16.1. The zero-order chi connectivity index (χ0) is 13.9. The van der Waals surface area contributed by atoms with Gasteiger partial charge in [0.15, 0.2) is 0 Å². The zero-order valence-corrected chi connectivity index (χ0v) is 12.8. The largest absolute Gasteiger partial charge is 0.323 e. The minimum atomic E-state index is -3.18. The molecule has 8 heteroatoms. The van der Waals surface area contributed by atoms with Crippen molar-refractivity contribution < 1.29 is 13.2 Å². The number of carbonyl (C=O) groups excluding carboxylic acids is 1. The molecule has 1 aliphatic carbocycles. The van der Waals surface area contributed by atoms with Crippen LogP contribution in [0.25, 0.3) is 0 Å². The number of urea groups is 1. The smallest absolute Gasteiger partial charge is 0.320 e. The molecular formula is C11H21N3O3S2. The first-order valence-corrected chi connectivity index (χ1v) is 9.60. The van der Waals surface area contributed by atoms with Crippen molar-refractivity contribution in [2.75, 3.05) is 43.9 Å². The van der Waals surface area contributed by atoms with Crippen molar-refractivity contribution in [3.63, 3.8) is 0 Å². The monoisotopic (exact) mass is 307 g/mol. The topological polar surface area (TPSA) is 69.7 Å². The predicted molar refractivity (Wildman–Crippen MR) is 76.9 cm³/mol. The molecule has 0 spiro atoms. The molecular weight excluding hydrogens is 286 g/mol. The van der Waals surface area contributed by atoms with E-state index in [1.165, 1.54) is 0 Å². The highest BCUT2D eigenvalue weighted by molar-refractivity contribution is 7.99. The Morgan fingerprint density at radius 3 is 2.53 bits per heavy atom. The normalized spacial score (nSPS) is 20.4. The van der Waals surface area contributed by atoms with Crippen molar-refractivity contribution in [1.29, 1.82) is 0 Å². The van der Waals surface area contributed by atoms with Crippen molar-refractivity contribution >= 4 is 27.8 Å². The molecule has 1 saturated carbocycles. The summed E-state index contributed by atoms with van der Waals surface area (Å²) in [5, 5.41) is 0. The Morgan fingerprint density at radius 1 is 1.37 bits per heavy atom. The molecule has 1 saturated heterocycles. The van der Waals surface area contributed by atoms with E-state index in [4.69, 9.17) is 0 Å². The van der Waals surface area contributed by atoms with Crippen molar-refractivity contribution in [1.82, 2.24) is 14.5 Å². The number of amides is 2. The van der Waals surface area contributed by atoms with Crippen LogP contribution >= 0.6 is 11.8 Å². The van der Waals surface area contributed by atoms with E-state index in [0.29, 0.717) is 19.1 Å². The van der Waals surface area contributed by atoms with Gasteiger partial charge in [0.1, 0.15) is 0 Å². The third-order valence-electron chi connectivity index (χ3n) is 3.23. The third-order valence-corrected chi connectivity index (χ3v) is 4.90. The van der Waals surface area contributed by atoms with Gasteiger partial charge in [-0.15, -0.1) is 0 Å². The van der Waals surface area contributed by atoms with Gasteiger partial charge in [-0.25, -0.2) is 17.9 Å². The van der Waals surface area contributed by atoms with E-state index in [9.17, 15) is 13.2 Å². The molecule has 6 nitrogen and oxygen atoms in total. The summed E-state index contributed by atoms with van der Waals surface area (Å²) in [6.07, 6.45) is 3.21. The molecule has 0 radical (unpaired) electrons. The first-order chi connectivity index (χ1) is 8.97. The first kappa shape index (κ1) is 14.9. The maximum atomic E-state index is 12.4. The van der Waals surface area contributed by atoms with Gasteiger partial charge in [0.2, 0.25) is 10.0 Å². The minimum Gasteiger partial charge on any atom is -0.323 e. The van der Waals surface area contributed by atoms with Gasteiger partial charge in [0, 0.05) is 43.7 Å². The molecule has 2 fully saturated rings. The van der Waals surface area contributed by atoms with E-state index in [0.717, 1.165) is 43.7 Å². The molecule has 0 aromatic carbocycles. The molecule has 0 aromatic heterocycles. The molecule has 2 amide bonds. The number of nitrogens with zero attached hydrogens (tertiary/aromatic N) is 2. The van der Waals surface area contributed by atoms with E-state index in [2.05, 4.69) is 4.72 Å². The summed E-state index contributed by atoms with van der Waals surface area (Å²) >= 11 is 1.87. The average Bonchev–Trinajstić information content (AvgIpc) is 3.18. The highest BCUT2D eigenvalue weighted by Gasteiger charge is 2.34. The lowest BCUT2D eigenvalue weighted by molar-refractivity contribution is 0.155. The van der Waals surface area contributed by atoms with Crippen LogP contribution in [0.2, 0.25) is 0 Å². The lowest BCUT2D eigenvalue weighted by Crippen LogP contribution is -2.49. The van der Waals surface area contributed by atoms with Gasteiger partial charge >= 0.3 is 6.03 Å². The Morgan fingerprint density at radius 2 is 2.00 bits per heavy atom.